The van der Waals surface area contributed by atoms with Crippen LogP contribution in [0.4, 0.5) is 5.82 Å². The Kier molecular flexibility index (Phi) is 13.2. The van der Waals surface area contributed by atoms with Crippen molar-refractivity contribution in [1.82, 2.24) is 19.5 Å². The number of hydrogen-bond donors (Lipinski definition) is 3. The Morgan fingerprint density at radius 2 is 1.58 bits per heavy atom. The van der Waals surface area contributed by atoms with E-state index in [-0.39, 0.29) is 18.4 Å². The van der Waals surface area contributed by atoms with Gasteiger partial charge in [-0.1, -0.05) is 70.6 Å². The molecule has 0 aromatic carbocycles. The maximum Gasteiger partial charge on any atom is 0.305 e. The Balaban J connectivity index is 1.21. The van der Waals surface area contributed by atoms with Crippen LogP contribution in [0.1, 0.15) is 96.1 Å². The molecule has 11 nitrogen and oxygen atoms in total. The summed E-state index contributed by atoms with van der Waals surface area (Å²) in [5.74, 6) is 0.153. The van der Waals surface area contributed by atoms with E-state index >= 15 is 0 Å². The molecule has 0 amide bonds. The van der Waals surface area contributed by atoms with Crippen LogP contribution in [0.3, 0.4) is 0 Å². The summed E-state index contributed by atoms with van der Waals surface area (Å²) in [6.07, 6.45) is 15.7. The van der Waals surface area contributed by atoms with Crippen LogP contribution in [0.5, 0.6) is 0 Å². The largest absolute Gasteiger partial charge is 0.469 e. The summed E-state index contributed by atoms with van der Waals surface area (Å²) in [4.78, 5) is 23.4. The van der Waals surface area contributed by atoms with Crippen molar-refractivity contribution >= 4 is 23.0 Å². The van der Waals surface area contributed by atoms with E-state index in [1.54, 1.807) is 4.57 Å². The average Bonchev–Trinajstić information content (AvgIpc) is 3.49. The second kappa shape index (κ2) is 16.6. The third kappa shape index (κ3) is 8.86. The smallest absolute Gasteiger partial charge is 0.305 e. The van der Waals surface area contributed by atoms with Crippen LogP contribution in [-0.2, 0) is 19.0 Å². The van der Waals surface area contributed by atoms with Gasteiger partial charge < -0.3 is 30.2 Å². The van der Waals surface area contributed by atoms with Crippen molar-refractivity contribution in [3.05, 3.63) is 12.7 Å². The normalized spacial score (nSPS) is 21.3. The van der Waals surface area contributed by atoms with Crippen LogP contribution in [0.25, 0.3) is 11.2 Å². The monoisotopic (exact) mass is 535 g/mol. The average molecular weight is 536 g/mol. The van der Waals surface area contributed by atoms with Gasteiger partial charge in [-0.3, -0.25) is 9.36 Å². The first-order valence-corrected chi connectivity index (χ1v) is 14.1. The van der Waals surface area contributed by atoms with E-state index in [0.29, 0.717) is 24.2 Å². The topological polar surface area (TPSA) is 155 Å². The van der Waals surface area contributed by atoms with Crippen molar-refractivity contribution in [1.29, 1.82) is 0 Å². The fourth-order valence-electron chi connectivity index (χ4n) is 5.00. The van der Waals surface area contributed by atoms with Gasteiger partial charge in [-0.25, -0.2) is 15.0 Å². The number of carbonyl (C=O) groups is 1. The standard InChI is InChI=1S/C27H45N5O6/c1-36-21(34)15-13-11-9-7-5-3-2-4-6-8-10-12-14-16-37-24-20(17-33)38-27(23(24)35)32-19-31-22-25(28)29-18-30-26(22)32/h18-20,23-24,27,33,35H,2-17H2,1H3,(H2,28,29,30)/t20-,23?,24?,27-/m1/s1. The Morgan fingerprint density at radius 3 is 2.18 bits per heavy atom. The number of methoxy groups -OCH3 is 1. The number of unbranched alkanes of at least 4 members (excludes halogenated alkanes) is 12. The molecule has 1 fully saturated rings. The molecule has 0 bridgehead atoms. The SMILES string of the molecule is COC(=O)CCCCCCCCCCCCCCCOC1C(O)[C@H](n2cnc3c(N)ncnc32)O[C@@H]1CO. The molecule has 0 saturated carbocycles. The summed E-state index contributed by atoms with van der Waals surface area (Å²) in [5.41, 5.74) is 6.76. The first kappa shape index (κ1) is 30.2. The summed E-state index contributed by atoms with van der Waals surface area (Å²) < 4.78 is 18.1. The van der Waals surface area contributed by atoms with Gasteiger partial charge in [0.1, 0.15) is 30.2 Å². The maximum absolute atomic E-state index is 11.1. The number of aliphatic hydroxyl groups excluding tert-OH is 2. The van der Waals surface area contributed by atoms with Crippen LogP contribution < -0.4 is 5.73 Å². The summed E-state index contributed by atoms with van der Waals surface area (Å²) in [6, 6.07) is 0. The maximum atomic E-state index is 11.1. The fraction of sp³-hybridized carbons (Fsp3) is 0.778. The second-order valence-electron chi connectivity index (χ2n) is 10.1. The van der Waals surface area contributed by atoms with E-state index < -0.39 is 24.5 Å². The lowest BCUT2D eigenvalue weighted by atomic mass is 10.0. The summed E-state index contributed by atoms with van der Waals surface area (Å²) in [7, 11) is 1.44. The summed E-state index contributed by atoms with van der Waals surface area (Å²) in [5, 5.41) is 20.7. The Bertz CT molecular complexity index is 957. The number of aliphatic hydroxyl groups is 2. The van der Waals surface area contributed by atoms with Crippen molar-refractivity contribution in [2.24, 2.45) is 0 Å². The third-order valence-corrected chi connectivity index (χ3v) is 7.21. The number of imidazole rings is 1. The molecular formula is C27H45N5O6. The van der Waals surface area contributed by atoms with Gasteiger partial charge in [-0.2, -0.15) is 0 Å². The molecule has 3 heterocycles. The van der Waals surface area contributed by atoms with Crippen molar-refractivity contribution in [2.45, 2.75) is 114 Å². The number of fused-ring (bicyclic) bond motifs is 1. The molecule has 11 heteroatoms. The first-order chi connectivity index (χ1) is 18.6. The molecule has 1 saturated heterocycles. The van der Waals surface area contributed by atoms with E-state index in [9.17, 15) is 15.0 Å². The van der Waals surface area contributed by atoms with Gasteiger partial charge >= 0.3 is 5.97 Å². The van der Waals surface area contributed by atoms with Crippen LogP contribution in [0.2, 0.25) is 0 Å². The van der Waals surface area contributed by atoms with Crippen LogP contribution >= 0.6 is 0 Å². The highest BCUT2D eigenvalue weighted by molar-refractivity contribution is 5.81. The number of nitrogens with zero attached hydrogens (tertiary/aromatic N) is 4. The molecule has 4 N–H and O–H groups in total. The van der Waals surface area contributed by atoms with Gasteiger partial charge in [0.05, 0.1) is 20.0 Å². The number of nitrogen functional groups attached to an aromatic ring is 1. The van der Waals surface area contributed by atoms with E-state index in [4.69, 9.17) is 15.2 Å². The predicted molar refractivity (Wildman–Crippen MR) is 143 cm³/mol. The molecule has 0 spiro atoms. The quantitative estimate of drug-likeness (QED) is 0.179. The number of aromatic nitrogens is 4. The Morgan fingerprint density at radius 1 is 0.974 bits per heavy atom. The molecule has 214 valence electrons. The lowest BCUT2D eigenvalue weighted by molar-refractivity contribution is -0.140. The zero-order valence-corrected chi connectivity index (χ0v) is 22.7. The highest BCUT2D eigenvalue weighted by Gasteiger charge is 2.45. The number of nitrogens with two attached hydrogens (primary N) is 1. The number of hydrogen-bond acceptors (Lipinski definition) is 10. The van der Waals surface area contributed by atoms with E-state index in [0.717, 1.165) is 25.7 Å². The van der Waals surface area contributed by atoms with Gasteiger partial charge in [0.25, 0.3) is 0 Å². The minimum atomic E-state index is -0.972. The molecule has 0 aliphatic carbocycles. The summed E-state index contributed by atoms with van der Waals surface area (Å²) in [6.45, 7) is 0.255. The molecule has 4 atom stereocenters. The molecule has 2 unspecified atom stereocenters. The zero-order chi connectivity index (χ0) is 27.2. The van der Waals surface area contributed by atoms with Crippen molar-refractivity contribution in [3.63, 3.8) is 0 Å². The number of anilines is 1. The van der Waals surface area contributed by atoms with Crippen LogP contribution in [0, 0.1) is 0 Å². The first-order valence-electron chi connectivity index (χ1n) is 14.1. The molecule has 38 heavy (non-hydrogen) atoms. The van der Waals surface area contributed by atoms with Gasteiger partial charge in [-0.15, -0.1) is 0 Å². The molecule has 3 rings (SSSR count). The third-order valence-electron chi connectivity index (χ3n) is 7.21. The van der Waals surface area contributed by atoms with E-state index in [1.807, 2.05) is 0 Å². The zero-order valence-electron chi connectivity index (χ0n) is 22.7. The highest BCUT2D eigenvalue weighted by Crippen LogP contribution is 2.33. The molecule has 2 aromatic heterocycles. The van der Waals surface area contributed by atoms with Gasteiger partial charge in [-0.05, 0) is 12.8 Å². The molecular weight excluding hydrogens is 490 g/mol. The van der Waals surface area contributed by atoms with Crippen molar-refractivity contribution < 1.29 is 29.2 Å². The molecule has 1 aliphatic heterocycles. The Hall–Kier alpha value is -2.34. The van der Waals surface area contributed by atoms with Gasteiger partial charge in [0, 0.05) is 13.0 Å². The van der Waals surface area contributed by atoms with Crippen LogP contribution in [0.15, 0.2) is 12.7 Å². The van der Waals surface area contributed by atoms with E-state index in [2.05, 4.69) is 19.7 Å². The van der Waals surface area contributed by atoms with Crippen LogP contribution in [-0.4, -0.2) is 74.3 Å². The fourth-order valence-corrected chi connectivity index (χ4v) is 5.00. The number of esters is 1. The van der Waals surface area contributed by atoms with Gasteiger partial charge in [0.15, 0.2) is 17.7 Å². The highest BCUT2D eigenvalue weighted by atomic mass is 16.6. The predicted octanol–water partition coefficient (Wildman–Crippen LogP) is 3.68. The minimum Gasteiger partial charge on any atom is -0.469 e. The number of rotatable bonds is 19. The summed E-state index contributed by atoms with van der Waals surface area (Å²) >= 11 is 0. The van der Waals surface area contributed by atoms with Crippen molar-refractivity contribution in [2.75, 3.05) is 26.1 Å². The lowest BCUT2D eigenvalue weighted by Gasteiger charge is -2.20. The molecule has 1 aliphatic rings. The van der Waals surface area contributed by atoms with E-state index in [1.165, 1.54) is 77.6 Å². The number of carbonyl (C=O) groups excluding carboxylic acids is 1. The lowest BCUT2D eigenvalue weighted by Crippen LogP contribution is -2.36. The number of ether oxygens (including phenoxy) is 3. The Labute approximate surface area is 225 Å². The van der Waals surface area contributed by atoms with Crippen molar-refractivity contribution in [3.8, 4) is 0 Å². The molecule has 2 aromatic rings. The van der Waals surface area contributed by atoms with Gasteiger partial charge in [0.2, 0.25) is 0 Å². The minimum absolute atomic E-state index is 0.105. The second-order valence-corrected chi connectivity index (χ2v) is 10.1. The molecule has 0 radical (unpaired) electrons.